The number of hydrogen-bond donors (Lipinski definition) is 2. The smallest absolute Gasteiger partial charge is 0.255 e. The van der Waals surface area contributed by atoms with Gasteiger partial charge < -0.3 is 16.4 Å². The van der Waals surface area contributed by atoms with Crippen LogP contribution >= 0.6 is 11.5 Å². The number of hydrogen-bond acceptors (Lipinski definition) is 6. The molecule has 1 amide bonds. The van der Waals surface area contributed by atoms with Gasteiger partial charge in [0.1, 0.15) is 10.6 Å². The van der Waals surface area contributed by atoms with Gasteiger partial charge in [-0.15, -0.1) is 0 Å². The van der Waals surface area contributed by atoms with Crippen LogP contribution in [0.2, 0.25) is 0 Å². The summed E-state index contributed by atoms with van der Waals surface area (Å²) < 4.78 is 4.07. The molecule has 1 aliphatic carbocycles. The van der Waals surface area contributed by atoms with E-state index in [-0.39, 0.29) is 5.82 Å². The zero-order chi connectivity index (χ0) is 14.1. The summed E-state index contributed by atoms with van der Waals surface area (Å²) in [5.74, 6) is -0.222. The molecule has 110 valence electrons. The van der Waals surface area contributed by atoms with Crippen LogP contribution in [0.25, 0.3) is 0 Å². The second-order valence-electron chi connectivity index (χ2n) is 5.57. The van der Waals surface area contributed by atoms with E-state index in [0.717, 1.165) is 37.2 Å². The van der Waals surface area contributed by atoms with E-state index in [9.17, 15) is 4.79 Å². The van der Waals surface area contributed by atoms with Crippen molar-refractivity contribution in [1.82, 2.24) is 9.27 Å². The van der Waals surface area contributed by atoms with Gasteiger partial charge in [-0.1, -0.05) is 12.8 Å². The number of anilines is 2. The molecule has 1 saturated heterocycles. The molecule has 0 spiro atoms. The van der Waals surface area contributed by atoms with Crippen molar-refractivity contribution < 1.29 is 4.79 Å². The van der Waals surface area contributed by atoms with Crippen molar-refractivity contribution >= 4 is 28.3 Å². The molecule has 0 atom stereocenters. The van der Waals surface area contributed by atoms with Crippen LogP contribution in [0.3, 0.4) is 0 Å². The van der Waals surface area contributed by atoms with Crippen molar-refractivity contribution in [1.29, 1.82) is 0 Å². The van der Waals surface area contributed by atoms with Gasteiger partial charge in [0.25, 0.3) is 5.91 Å². The lowest BCUT2D eigenvalue weighted by atomic mass is 10.1. The quantitative estimate of drug-likeness (QED) is 0.864. The lowest BCUT2D eigenvalue weighted by Gasteiger charge is -2.38. The maximum atomic E-state index is 11.5. The van der Waals surface area contributed by atoms with Gasteiger partial charge in [0.2, 0.25) is 0 Å². The molecule has 0 aromatic carbocycles. The molecule has 6 nitrogen and oxygen atoms in total. The van der Waals surface area contributed by atoms with Gasteiger partial charge >= 0.3 is 0 Å². The van der Waals surface area contributed by atoms with Crippen LogP contribution in [0, 0.1) is 0 Å². The second-order valence-corrected chi connectivity index (χ2v) is 6.33. The molecule has 1 aromatic heterocycles. The molecule has 3 rings (SSSR count). The SMILES string of the molecule is NC(=O)c1c(N)nsc1N1CCN(C2CCCC2)CC1. The fourth-order valence-corrected chi connectivity index (χ4v) is 4.17. The number of nitrogens with zero attached hydrogens (tertiary/aromatic N) is 3. The lowest BCUT2D eigenvalue weighted by molar-refractivity contribution is 0.100. The zero-order valence-corrected chi connectivity index (χ0v) is 12.4. The first-order chi connectivity index (χ1) is 9.66. The second kappa shape index (κ2) is 5.57. The monoisotopic (exact) mass is 295 g/mol. The van der Waals surface area contributed by atoms with E-state index in [2.05, 4.69) is 14.2 Å². The summed E-state index contributed by atoms with van der Waals surface area (Å²) in [6.45, 7) is 3.91. The van der Waals surface area contributed by atoms with Crippen LogP contribution in [0.4, 0.5) is 10.8 Å². The van der Waals surface area contributed by atoms with Crippen molar-refractivity contribution in [2.24, 2.45) is 5.73 Å². The highest BCUT2D eigenvalue weighted by Gasteiger charge is 2.29. The number of aromatic nitrogens is 1. The molecule has 2 heterocycles. The Balaban J connectivity index is 1.67. The van der Waals surface area contributed by atoms with Gasteiger partial charge in [0, 0.05) is 32.2 Å². The molecule has 1 aliphatic heterocycles. The summed E-state index contributed by atoms with van der Waals surface area (Å²) in [4.78, 5) is 16.3. The number of nitrogen functional groups attached to an aromatic ring is 1. The number of piperazine rings is 1. The van der Waals surface area contributed by atoms with E-state index < -0.39 is 5.91 Å². The summed E-state index contributed by atoms with van der Waals surface area (Å²) in [6.07, 6.45) is 5.39. The van der Waals surface area contributed by atoms with E-state index in [4.69, 9.17) is 11.5 Å². The number of rotatable bonds is 3. The molecule has 7 heteroatoms. The van der Waals surface area contributed by atoms with Crippen molar-refractivity contribution in [2.75, 3.05) is 36.8 Å². The summed E-state index contributed by atoms with van der Waals surface area (Å²) in [6, 6.07) is 0.763. The maximum absolute atomic E-state index is 11.5. The lowest BCUT2D eigenvalue weighted by Crippen LogP contribution is -2.49. The molecule has 1 saturated carbocycles. The minimum absolute atomic E-state index is 0.260. The number of primary amides is 1. The molecule has 2 aliphatic rings. The van der Waals surface area contributed by atoms with Gasteiger partial charge in [-0.25, -0.2) is 0 Å². The van der Waals surface area contributed by atoms with Gasteiger partial charge in [-0.2, -0.15) is 4.37 Å². The Morgan fingerprint density at radius 2 is 1.85 bits per heavy atom. The van der Waals surface area contributed by atoms with Gasteiger partial charge in [0.05, 0.1) is 0 Å². The Labute approximate surface area is 122 Å². The minimum atomic E-state index is -0.482. The standard InChI is InChI=1S/C13H21N5OS/c14-11-10(12(15)19)13(20-16-11)18-7-5-17(6-8-18)9-3-1-2-4-9/h9H,1-8H2,(H2,14,16)(H2,15,19). The van der Waals surface area contributed by atoms with Gasteiger partial charge in [-0.3, -0.25) is 9.69 Å². The molecule has 1 aromatic rings. The van der Waals surface area contributed by atoms with Crippen molar-refractivity contribution in [2.45, 2.75) is 31.7 Å². The zero-order valence-electron chi connectivity index (χ0n) is 11.5. The highest BCUT2D eigenvalue weighted by atomic mass is 32.1. The largest absolute Gasteiger partial charge is 0.382 e. The Hall–Kier alpha value is -1.34. The predicted molar refractivity (Wildman–Crippen MR) is 81.1 cm³/mol. The first-order valence-electron chi connectivity index (χ1n) is 7.20. The first-order valence-corrected chi connectivity index (χ1v) is 7.98. The number of nitrogens with two attached hydrogens (primary N) is 2. The van der Waals surface area contributed by atoms with Crippen molar-refractivity contribution in [3.63, 3.8) is 0 Å². The number of carbonyl (C=O) groups excluding carboxylic acids is 1. The van der Waals surface area contributed by atoms with E-state index in [1.807, 2.05) is 0 Å². The third kappa shape index (κ3) is 2.47. The Bertz CT molecular complexity index is 489. The average molecular weight is 295 g/mol. The van der Waals surface area contributed by atoms with E-state index in [1.54, 1.807) is 0 Å². The van der Waals surface area contributed by atoms with Gasteiger partial charge in [-0.05, 0) is 24.4 Å². The van der Waals surface area contributed by atoms with E-state index in [0.29, 0.717) is 5.56 Å². The minimum Gasteiger partial charge on any atom is -0.382 e. The van der Waals surface area contributed by atoms with Gasteiger partial charge in [0.15, 0.2) is 5.82 Å². The highest BCUT2D eigenvalue weighted by Crippen LogP contribution is 2.32. The van der Waals surface area contributed by atoms with E-state index in [1.165, 1.54) is 37.2 Å². The van der Waals surface area contributed by atoms with E-state index >= 15 is 0 Å². The molecule has 4 N–H and O–H groups in total. The van der Waals surface area contributed by atoms with Crippen LogP contribution in [-0.4, -0.2) is 47.4 Å². The van der Waals surface area contributed by atoms with Crippen molar-refractivity contribution in [3.8, 4) is 0 Å². The number of carbonyl (C=O) groups is 1. The highest BCUT2D eigenvalue weighted by molar-refractivity contribution is 7.11. The maximum Gasteiger partial charge on any atom is 0.255 e. The third-order valence-corrected chi connectivity index (χ3v) is 5.31. The molecular formula is C13H21N5OS. The first kappa shape index (κ1) is 13.6. The van der Waals surface area contributed by atoms with Crippen LogP contribution in [-0.2, 0) is 0 Å². The van der Waals surface area contributed by atoms with Crippen LogP contribution in [0.1, 0.15) is 36.0 Å². The predicted octanol–water partition coefficient (Wildman–Crippen LogP) is 0.889. The fraction of sp³-hybridized carbons (Fsp3) is 0.692. The topological polar surface area (TPSA) is 88.5 Å². The molecule has 0 unspecified atom stereocenters. The van der Waals surface area contributed by atoms with Crippen molar-refractivity contribution in [3.05, 3.63) is 5.56 Å². The average Bonchev–Trinajstić information content (AvgIpc) is 3.08. The Kier molecular flexibility index (Phi) is 3.80. The summed E-state index contributed by atoms with van der Waals surface area (Å²) >= 11 is 1.28. The number of amides is 1. The fourth-order valence-electron chi connectivity index (χ4n) is 3.30. The summed E-state index contributed by atoms with van der Waals surface area (Å²) in [5.41, 5.74) is 11.5. The molecular weight excluding hydrogens is 274 g/mol. The molecule has 0 radical (unpaired) electrons. The summed E-state index contributed by atoms with van der Waals surface area (Å²) in [7, 11) is 0. The molecule has 2 fully saturated rings. The third-order valence-electron chi connectivity index (χ3n) is 4.39. The normalized spacial score (nSPS) is 21.5. The van der Waals surface area contributed by atoms with Crippen LogP contribution in [0.5, 0.6) is 0 Å². The Morgan fingerprint density at radius 3 is 2.45 bits per heavy atom. The van der Waals surface area contributed by atoms with Crippen LogP contribution < -0.4 is 16.4 Å². The van der Waals surface area contributed by atoms with Crippen LogP contribution in [0.15, 0.2) is 0 Å². The summed E-state index contributed by atoms with van der Waals surface area (Å²) in [5, 5.41) is 0.834. The Morgan fingerprint density at radius 1 is 1.20 bits per heavy atom. The molecule has 0 bridgehead atoms. The molecule has 20 heavy (non-hydrogen) atoms.